The summed E-state index contributed by atoms with van der Waals surface area (Å²) in [6, 6.07) is 18.6. The second-order valence-electron chi connectivity index (χ2n) is 9.17. The lowest BCUT2D eigenvalue weighted by Gasteiger charge is -2.00. The van der Waals surface area contributed by atoms with E-state index in [0.29, 0.717) is 23.7 Å². The molecule has 0 fully saturated rings. The van der Waals surface area contributed by atoms with Gasteiger partial charge >= 0.3 is 0 Å². The predicted molar refractivity (Wildman–Crippen MR) is 166 cm³/mol. The summed E-state index contributed by atoms with van der Waals surface area (Å²) in [5.41, 5.74) is 1.16. The van der Waals surface area contributed by atoms with Crippen molar-refractivity contribution in [2.45, 2.75) is 79.1 Å². The van der Waals surface area contributed by atoms with E-state index in [-0.39, 0.29) is 0 Å². The molecule has 0 bridgehead atoms. The Bertz CT molecular complexity index is 991. The Morgan fingerprint density at radius 2 is 1.26 bits per heavy atom. The number of thiophene rings is 3. The van der Waals surface area contributed by atoms with Crippen LogP contribution in [0.3, 0.4) is 0 Å². The van der Waals surface area contributed by atoms with Gasteiger partial charge < -0.3 is 0 Å². The third-order valence-electron chi connectivity index (χ3n) is 4.72. The van der Waals surface area contributed by atoms with Gasteiger partial charge in [0.25, 0.3) is 0 Å². The van der Waals surface area contributed by atoms with E-state index in [0.717, 1.165) is 10.0 Å². The van der Waals surface area contributed by atoms with Gasteiger partial charge in [0.05, 0.1) is 8.12 Å². The van der Waals surface area contributed by atoms with E-state index in [2.05, 4.69) is 112 Å². The van der Waals surface area contributed by atoms with E-state index in [4.69, 9.17) is 11.6 Å². The molecule has 4 aromatic rings. The monoisotopic (exact) mass is 611 g/mol. The van der Waals surface area contributed by atoms with Crippen LogP contribution in [0.15, 0.2) is 70.0 Å². The Labute approximate surface area is 238 Å². The molecule has 0 aliphatic carbocycles. The van der Waals surface area contributed by atoms with Gasteiger partial charge in [0, 0.05) is 26.5 Å². The van der Waals surface area contributed by atoms with Crippen molar-refractivity contribution >= 4 is 61.5 Å². The molecule has 0 aliphatic heterocycles. The molecule has 6 heteroatoms. The maximum absolute atomic E-state index is 5.72. The summed E-state index contributed by atoms with van der Waals surface area (Å²) in [6.45, 7) is 17.5. The van der Waals surface area contributed by atoms with Crippen molar-refractivity contribution in [1.82, 2.24) is 4.98 Å². The first-order valence-corrected chi connectivity index (χ1v) is 15.6. The lowest BCUT2D eigenvalue weighted by Crippen LogP contribution is -1.88. The van der Waals surface area contributed by atoms with Gasteiger partial charge in [-0.2, -0.15) is 0 Å². The smallest absolute Gasteiger partial charge is 0.0931 e. The van der Waals surface area contributed by atoms with E-state index < -0.39 is 0 Å². The Hall–Kier alpha value is -0.980. The number of rotatable bonds is 4. The molecule has 4 aromatic heterocycles. The first-order chi connectivity index (χ1) is 16.5. The average molecular weight is 613 g/mol. The van der Waals surface area contributed by atoms with Crippen molar-refractivity contribution in [3.05, 3.63) is 94.6 Å². The van der Waals surface area contributed by atoms with Gasteiger partial charge in [0.2, 0.25) is 0 Å². The van der Waals surface area contributed by atoms with Crippen molar-refractivity contribution in [3.63, 3.8) is 0 Å². The predicted octanol–water partition coefficient (Wildman–Crippen LogP) is 12.2. The number of nitrogens with zero attached hydrogens (tertiary/aromatic N) is 1. The zero-order valence-electron chi connectivity index (χ0n) is 22.1. The number of halogens is 2. The van der Waals surface area contributed by atoms with Crippen LogP contribution in [-0.4, -0.2) is 4.98 Å². The van der Waals surface area contributed by atoms with Crippen LogP contribution >= 0.6 is 61.5 Å². The summed E-state index contributed by atoms with van der Waals surface area (Å²) in [5.74, 6) is 2.53. The molecule has 0 amide bonds. The third kappa shape index (κ3) is 13.8. The first-order valence-electron chi connectivity index (χ1n) is 12.0. The average Bonchev–Trinajstić information content (AvgIpc) is 3.58. The van der Waals surface area contributed by atoms with Gasteiger partial charge in [-0.3, -0.25) is 4.98 Å². The van der Waals surface area contributed by atoms with Crippen LogP contribution in [0.4, 0.5) is 0 Å². The molecule has 0 radical (unpaired) electrons. The Kier molecular flexibility index (Phi) is 16.0. The topological polar surface area (TPSA) is 12.9 Å². The molecule has 192 valence electrons. The fourth-order valence-electron chi connectivity index (χ4n) is 2.61. The van der Waals surface area contributed by atoms with Crippen molar-refractivity contribution < 1.29 is 0 Å². The Morgan fingerprint density at radius 3 is 1.51 bits per heavy atom. The molecule has 0 spiro atoms. The summed E-state index contributed by atoms with van der Waals surface area (Å²) >= 11 is 14.4. The highest BCUT2D eigenvalue weighted by atomic mass is 79.9. The van der Waals surface area contributed by atoms with E-state index in [9.17, 15) is 0 Å². The fourth-order valence-corrected chi connectivity index (χ4v) is 5.85. The summed E-state index contributed by atoms with van der Waals surface area (Å²) in [4.78, 5) is 8.46. The van der Waals surface area contributed by atoms with Crippen LogP contribution in [-0.2, 0) is 0 Å². The summed E-state index contributed by atoms with van der Waals surface area (Å²) in [5, 5.41) is 2.12. The SMILES string of the molecule is CC(C)c1ccc(Br)s1.CC(C)c1ccc(Cl)s1.CC(C)c1ccccn1.CC(C)c1cccs1. The molecule has 0 N–H and O–H groups in total. The molecule has 4 rings (SSSR count). The van der Waals surface area contributed by atoms with Crippen LogP contribution < -0.4 is 0 Å². The second-order valence-corrected chi connectivity index (χ2v) is 14.4. The number of hydrogen-bond donors (Lipinski definition) is 0. The van der Waals surface area contributed by atoms with Crippen molar-refractivity contribution in [2.75, 3.05) is 0 Å². The van der Waals surface area contributed by atoms with Crippen molar-refractivity contribution in [1.29, 1.82) is 0 Å². The van der Waals surface area contributed by atoms with E-state index in [1.807, 2.05) is 53.1 Å². The van der Waals surface area contributed by atoms with Gasteiger partial charge in [-0.25, -0.2) is 0 Å². The molecule has 0 atom stereocenters. The van der Waals surface area contributed by atoms with Gasteiger partial charge in [-0.05, 0) is 87.4 Å². The van der Waals surface area contributed by atoms with Crippen LogP contribution in [0, 0.1) is 0 Å². The lowest BCUT2D eigenvalue weighted by molar-refractivity contribution is 0.823. The fraction of sp³-hybridized carbons (Fsp3) is 0.414. The molecular formula is C29H39BrClNS3. The summed E-state index contributed by atoms with van der Waals surface area (Å²) in [7, 11) is 0. The van der Waals surface area contributed by atoms with Crippen molar-refractivity contribution in [3.8, 4) is 0 Å². The quantitative estimate of drug-likeness (QED) is 0.223. The maximum atomic E-state index is 5.72. The number of aromatic nitrogens is 1. The van der Waals surface area contributed by atoms with Crippen LogP contribution in [0.2, 0.25) is 4.34 Å². The first kappa shape index (κ1) is 32.0. The highest BCUT2D eigenvalue weighted by molar-refractivity contribution is 9.11. The largest absolute Gasteiger partial charge is 0.261 e. The van der Waals surface area contributed by atoms with Crippen LogP contribution in [0.1, 0.15) is 99.4 Å². The molecule has 0 aromatic carbocycles. The normalized spacial score (nSPS) is 10.5. The third-order valence-corrected chi connectivity index (χ3v) is 9.35. The van der Waals surface area contributed by atoms with Gasteiger partial charge in [-0.15, -0.1) is 34.0 Å². The molecule has 35 heavy (non-hydrogen) atoms. The summed E-state index contributed by atoms with van der Waals surface area (Å²) in [6.07, 6.45) is 1.83. The molecule has 0 saturated carbocycles. The lowest BCUT2D eigenvalue weighted by atomic mass is 10.1. The Balaban J connectivity index is 0.000000234. The molecule has 4 heterocycles. The van der Waals surface area contributed by atoms with Crippen LogP contribution in [0.5, 0.6) is 0 Å². The molecule has 1 nitrogen and oxygen atoms in total. The molecule has 0 aliphatic rings. The minimum absolute atomic E-state index is 0.547. The number of pyridine rings is 1. The van der Waals surface area contributed by atoms with Crippen LogP contribution in [0.25, 0.3) is 0 Å². The molecule has 0 unspecified atom stereocenters. The van der Waals surface area contributed by atoms with E-state index in [1.54, 1.807) is 11.3 Å². The minimum Gasteiger partial charge on any atom is -0.261 e. The van der Waals surface area contributed by atoms with Gasteiger partial charge in [0.1, 0.15) is 0 Å². The zero-order chi connectivity index (χ0) is 26.4. The maximum Gasteiger partial charge on any atom is 0.0931 e. The molecular weight excluding hydrogens is 574 g/mol. The minimum atomic E-state index is 0.547. The standard InChI is InChI=1S/C8H11N.C7H9BrS.C7H9ClS.C7H10S/c1-7(2)8-5-3-4-6-9-8;2*1-5(2)6-3-4-7(8)9-6;1-6(2)7-4-3-5-8-7/h3-7H,1-2H3;2*3-5H,1-2H3;3-6H,1-2H3. The highest BCUT2D eigenvalue weighted by Crippen LogP contribution is 2.28. The van der Waals surface area contributed by atoms with E-state index >= 15 is 0 Å². The number of hydrogen-bond acceptors (Lipinski definition) is 4. The summed E-state index contributed by atoms with van der Waals surface area (Å²) < 4.78 is 2.12. The second kappa shape index (κ2) is 17.5. The highest BCUT2D eigenvalue weighted by Gasteiger charge is 2.01. The van der Waals surface area contributed by atoms with Crippen molar-refractivity contribution in [2.24, 2.45) is 0 Å². The molecule has 0 saturated heterocycles. The zero-order valence-corrected chi connectivity index (χ0v) is 26.9. The van der Waals surface area contributed by atoms with E-state index in [1.165, 1.54) is 18.4 Å². The van der Waals surface area contributed by atoms with Gasteiger partial charge in [0.15, 0.2) is 0 Å². The Morgan fingerprint density at radius 1 is 0.657 bits per heavy atom. The van der Waals surface area contributed by atoms with Gasteiger partial charge in [-0.1, -0.05) is 79.1 Å².